The number of para-hydroxylation sites is 2. The molecule has 5 heteroatoms. The fourth-order valence-corrected chi connectivity index (χ4v) is 4.13. The van der Waals surface area contributed by atoms with E-state index >= 15 is 0 Å². The van der Waals surface area contributed by atoms with Crippen LogP contribution in [-0.2, 0) is 6.54 Å². The number of benzene rings is 2. The second-order valence-electron chi connectivity index (χ2n) is 7.17. The van der Waals surface area contributed by atoms with Crippen molar-refractivity contribution in [3.05, 3.63) is 59.1 Å². The van der Waals surface area contributed by atoms with Crippen LogP contribution in [0.1, 0.15) is 44.1 Å². The van der Waals surface area contributed by atoms with Gasteiger partial charge in [-0.2, -0.15) is 0 Å². The summed E-state index contributed by atoms with van der Waals surface area (Å²) >= 11 is 6.27. The molecule has 136 valence electrons. The highest BCUT2D eigenvalue weighted by Crippen LogP contribution is 2.39. The average molecular weight is 369 g/mol. The van der Waals surface area contributed by atoms with Crippen LogP contribution >= 0.6 is 11.6 Å². The molecular formula is C21H25ClN4. The molecule has 1 spiro atoms. The number of nitrogens with one attached hydrogen (secondary N) is 3. The van der Waals surface area contributed by atoms with Gasteiger partial charge < -0.3 is 10.7 Å². The number of nitrogens with zero attached hydrogens (tertiary/aromatic N) is 1. The van der Waals surface area contributed by atoms with E-state index in [2.05, 4.69) is 34.4 Å². The molecule has 2 aromatic rings. The van der Waals surface area contributed by atoms with Crippen molar-refractivity contribution < 1.29 is 0 Å². The highest BCUT2D eigenvalue weighted by molar-refractivity contribution is 6.31. The molecular weight excluding hydrogens is 344 g/mol. The van der Waals surface area contributed by atoms with E-state index in [0.29, 0.717) is 6.54 Å². The Labute approximate surface area is 160 Å². The SMILES string of the molecule is Clc1ccccc1CNNC1=Nc2ccccc2NC12CCCCCC2. The molecule has 3 N–H and O–H groups in total. The van der Waals surface area contributed by atoms with Gasteiger partial charge in [0.25, 0.3) is 0 Å². The molecule has 0 amide bonds. The molecule has 0 aromatic heterocycles. The Hall–Kier alpha value is -2.04. The highest BCUT2D eigenvalue weighted by Gasteiger charge is 2.39. The van der Waals surface area contributed by atoms with E-state index in [9.17, 15) is 0 Å². The van der Waals surface area contributed by atoms with Crippen LogP contribution in [0.2, 0.25) is 5.02 Å². The Balaban J connectivity index is 1.56. The lowest BCUT2D eigenvalue weighted by Crippen LogP contribution is -2.56. The van der Waals surface area contributed by atoms with Crippen LogP contribution < -0.4 is 16.2 Å². The number of hydrazine groups is 1. The Morgan fingerprint density at radius 3 is 2.50 bits per heavy atom. The summed E-state index contributed by atoms with van der Waals surface area (Å²) in [6.07, 6.45) is 7.24. The van der Waals surface area contributed by atoms with Crippen molar-refractivity contribution in [2.24, 2.45) is 4.99 Å². The molecule has 0 unspecified atom stereocenters. The van der Waals surface area contributed by atoms with Crippen molar-refractivity contribution in [2.75, 3.05) is 5.32 Å². The maximum atomic E-state index is 6.27. The summed E-state index contributed by atoms with van der Waals surface area (Å²) in [4.78, 5) is 4.97. The van der Waals surface area contributed by atoms with Crippen molar-refractivity contribution in [3.8, 4) is 0 Å². The van der Waals surface area contributed by atoms with Gasteiger partial charge in [-0.1, -0.05) is 67.6 Å². The number of amidine groups is 1. The zero-order valence-corrected chi connectivity index (χ0v) is 15.6. The summed E-state index contributed by atoms with van der Waals surface area (Å²) in [6, 6.07) is 16.2. The molecule has 0 atom stereocenters. The first-order valence-corrected chi connectivity index (χ1v) is 9.83. The summed E-state index contributed by atoms with van der Waals surface area (Å²) in [5.41, 5.74) is 9.81. The lowest BCUT2D eigenvalue weighted by Gasteiger charge is -2.39. The Bertz CT molecular complexity index is 794. The van der Waals surface area contributed by atoms with Crippen LogP contribution in [0.15, 0.2) is 53.5 Å². The monoisotopic (exact) mass is 368 g/mol. The van der Waals surface area contributed by atoms with Crippen molar-refractivity contribution in [3.63, 3.8) is 0 Å². The first-order valence-electron chi connectivity index (χ1n) is 9.46. The topological polar surface area (TPSA) is 48.5 Å². The summed E-state index contributed by atoms with van der Waals surface area (Å²) in [7, 11) is 0. The van der Waals surface area contributed by atoms with Gasteiger partial charge in [0.15, 0.2) is 0 Å². The Morgan fingerprint density at radius 1 is 0.962 bits per heavy atom. The number of halogens is 1. The normalized spacial score (nSPS) is 18.4. The summed E-state index contributed by atoms with van der Waals surface area (Å²) in [5, 5.41) is 4.58. The Morgan fingerprint density at radius 2 is 1.69 bits per heavy atom. The van der Waals surface area contributed by atoms with Gasteiger partial charge in [-0.25, -0.2) is 10.4 Å². The van der Waals surface area contributed by atoms with Gasteiger partial charge in [-0.3, -0.25) is 0 Å². The highest BCUT2D eigenvalue weighted by atomic mass is 35.5. The molecule has 0 bridgehead atoms. The summed E-state index contributed by atoms with van der Waals surface area (Å²) < 4.78 is 0. The molecule has 4 rings (SSSR count). The minimum Gasteiger partial charge on any atom is -0.371 e. The minimum absolute atomic E-state index is 0.113. The second kappa shape index (κ2) is 7.68. The van der Waals surface area contributed by atoms with Gasteiger partial charge in [0.1, 0.15) is 5.84 Å². The lowest BCUT2D eigenvalue weighted by atomic mass is 9.87. The smallest absolute Gasteiger partial charge is 0.142 e. The van der Waals surface area contributed by atoms with E-state index in [-0.39, 0.29) is 5.54 Å². The van der Waals surface area contributed by atoms with E-state index in [0.717, 1.165) is 40.6 Å². The zero-order valence-electron chi connectivity index (χ0n) is 14.9. The largest absolute Gasteiger partial charge is 0.371 e. The molecule has 1 fully saturated rings. The van der Waals surface area contributed by atoms with Crippen molar-refractivity contribution in [1.82, 2.24) is 10.9 Å². The number of hydrogen-bond acceptors (Lipinski definition) is 4. The second-order valence-corrected chi connectivity index (χ2v) is 7.58. The predicted molar refractivity (Wildman–Crippen MR) is 109 cm³/mol. The standard InChI is InChI=1S/C21H25ClN4/c22-17-10-4-3-9-16(17)15-23-26-20-21(13-7-1-2-8-14-21)25-19-12-6-5-11-18(19)24-20/h3-6,9-12,23,25H,1-2,7-8,13-15H2,(H,24,26). The number of hydrogen-bond donors (Lipinski definition) is 3. The molecule has 1 aliphatic carbocycles. The fraction of sp³-hybridized carbons (Fsp3) is 0.381. The van der Waals surface area contributed by atoms with Gasteiger partial charge in [0, 0.05) is 11.6 Å². The van der Waals surface area contributed by atoms with Gasteiger partial charge in [-0.05, 0) is 36.6 Å². The molecule has 26 heavy (non-hydrogen) atoms. The third kappa shape index (κ3) is 3.57. The molecule has 0 radical (unpaired) electrons. The first kappa shape index (κ1) is 17.4. The van der Waals surface area contributed by atoms with Crippen molar-refractivity contribution in [1.29, 1.82) is 0 Å². The van der Waals surface area contributed by atoms with Crippen LogP contribution in [0.4, 0.5) is 11.4 Å². The van der Waals surface area contributed by atoms with E-state index < -0.39 is 0 Å². The van der Waals surface area contributed by atoms with Gasteiger partial charge >= 0.3 is 0 Å². The van der Waals surface area contributed by atoms with Gasteiger partial charge in [-0.15, -0.1) is 0 Å². The summed E-state index contributed by atoms with van der Waals surface area (Å²) in [6.45, 7) is 0.649. The van der Waals surface area contributed by atoms with Crippen LogP contribution in [0.25, 0.3) is 0 Å². The van der Waals surface area contributed by atoms with E-state index in [1.54, 1.807) is 0 Å². The van der Waals surface area contributed by atoms with Crippen LogP contribution in [0.3, 0.4) is 0 Å². The Kier molecular flexibility index (Phi) is 5.14. The molecule has 2 aromatic carbocycles. The molecule has 0 saturated heterocycles. The number of aliphatic imine (C=N–C) groups is 1. The fourth-order valence-electron chi connectivity index (χ4n) is 3.93. The van der Waals surface area contributed by atoms with E-state index in [4.69, 9.17) is 16.6 Å². The molecule has 1 heterocycles. The van der Waals surface area contributed by atoms with Gasteiger partial charge in [0.05, 0.1) is 16.9 Å². The number of rotatable bonds is 3. The van der Waals surface area contributed by atoms with Crippen LogP contribution in [-0.4, -0.2) is 11.4 Å². The molecule has 1 saturated carbocycles. The first-order chi connectivity index (χ1) is 12.8. The maximum absolute atomic E-state index is 6.27. The predicted octanol–water partition coefficient (Wildman–Crippen LogP) is 5.18. The van der Waals surface area contributed by atoms with Crippen LogP contribution in [0.5, 0.6) is 0 Å². The van der Waals surface area contributed by atoms with E-state index in [1.807, 2.05) is 30.3 Å². The van der Waals surface area contributed by atoms with E-state index in [1.165, 1.54) is 25.7 Å². The number of anilines is 1. The lowest BCUT2D eigenvalue weighted by molar-refractivity contribution is 0.495. The van der Waals surface area contributed by atoms with Crippen LogP contribution in [0, 0.1) is 0 Å². The minimum atomic E-state index is -0.113. The third-order valence-electron chi connectivity index (χ3n) is 5.36. The average Bonchev–Trinajstić information content (AvgIpc) is 2.90. The van der Waals surface area contributed by atoms with Gasteiger partial charge in [0.2, 0.25) is 0 Å². The maximum Gasteiger partial charge on any atom is 0.142 e. The molecule has 4 nitrogen and oxygen atoms in total. The quantitative estimate of drug-likeness (QED) is 0.654. The van der Waals surface area contributed by atoms with Crippen molar-refractivity contribution in [2.45, 2.75) is 50.6 Å². The summed E-state index contributed by atoms with van der Waals surface area (Å²) in [5.74, 6) is 0.991. The molecule has 1 aliphatic heterocycles. The third-order valence-corrected chi connectivity index (χ3v) is 5.73. The zero-order chi connectivity index (χ0) is 17.8. The number of fused-ring (bicyclic) bond motifs is 1. The molecule has 2 aliphatic rings. The van der Waals surface area contributed by atoms with Crippen molar-refractivity contribution >= 4 is 28.8 Å².